The third kappa shape index (κ3) is 5.09. The molecule has 5 nitrogen and oxygen atoms in total. The first-order valence-corrected chi connectivity index (χ1v) is 8.07. The molecule has 20 heavy (non-hydrogen) atoms. The van der Waals surface area contributed by atoms with Crippen molar-refractivity contribution < 1.29 is 14.3 Å². The molecule has 0 radical (unpaired) electrons. The molecule has 0 amide bonds. The van der Waals surface area contributed by atoms with Crippen LogP contribution in [0.15, 0.2) is 5.38 Å². The fourth-order valence-electron chi connectivity index (χ4n) is 2.17. The summed E-state index contributed by atoms with van der Waals surface area (Å²) in [6, 6.07) is 0. The number of aryl methyl sites for hydroxylation is 1. The van der Waals surface area contributed by atoms with Gasteiger partial charge < -0.3 is 14.8 Å². The number of nitrogens with zero attached hydrogens (tertiary/aromatic N) is 1. The second-order valence-electron chi connectivity index (χ2n) is 4.91. The largest absolute Gasteiger partial charge is 0.466 e. The number of carbonyl (C=O) groups is 1. The first-order chi connectivity index (χ1) is 9.78. The van der Waals surface area contributed by atoms with Gasteiger partial charge in [0.1, 0.15) is 0 Å². The molecule has 1 aliphatic heterocycles. The van der Waals surface area contributed by atoms with Crippen molar-refractivity contribution in [3.05, 3.63) is 11.1 Å². The predicted octanol–water partition coefficient (Wildman–Crippen LogP) is 2.48. The van der Waals surface area contributed by atoms with E-state index in [1.165, 1.54) is 6.42 Å². The highest BCUT2D eigenvalue weighted by Gasteiger charge is 2.14. The van der Waals surface area contributed by atoms with Crippen LogP contribution >= 0.6 is 11.3 Å². The van der Waals surface area contributed by atoms with Crippen molar-refractivity contribution in [1.29, 1.82) is 0 Å². The van der Waals surface area contributed by atoms with Crippen molar-refractivity contribution >= 4 is 22.4 Å². The summed E-state index contributed by atoms with van der Waals surface area (Å²) in [5.41, 5.74) is 0.949. The first kappa shape index (κ1) is 15.3. The lowest BCUT2D eigenvalue weighted by Gasteiger charge is -2.21. The number of hydrogen-bond donors (Lipinski definition) is 1. The Kier molecular flexibility index (Phi) is 6.26. The standard InChI is InChI=1S/C14H22N2O3S/c1-2-19-13(17)6-5-12-10-20-14(16-12)15-8-11-4-3-7-18-9-11/h10-11H,2-9H2,1H3,(H,15,16). The van der Waals surface area contributed by atoms with Crippen LogP contribution in [0.4, 0.5) is 5.13 Å². The molecule has 0 saturated carbocycles. The summed E-state index contributed by atoms with van der Waals surface area (Å²) in [5, 5.41) is 6.28. The summed E-state index contributed by atoms with van der Waals surface area (Å²) < 4.78 is 10.4. The molecular weight excluding hydrogens is 276 g/mol. The van der Waals surface area contributed by atoms with Crippen molar-refractivity contribution in [2.24, 2.45) is 5.92 Å². The number of thiazole rings is 1. The average Bonchev–Trinajstić information content (AvgIpc) is 2.92. The molecule has 0 aliphatic carbocycles. The molecule has 0 spiro atoms. The van der Waals surface area contributed by atoms with Crippen molar-refractivity contribution in [2.45, 2.75) is 32.6 Å². The Balaban J connectivity index is 1.70. The smallest absolute Gasteiger partial charge is 0.306 e. The van der Waals surface area contributed by atoms with E-state index in [9.17, 15) is 4.79 Å². The molecule has 1 unspecified atom stereocenters. The molecule has 1 aromatic rings. The molecule has 1 aromatic heterocycles. The van der Waals surface area contributed by atoms with E-state index in [0.717, 1.165) is 37.0 Å². The molecule has 1 N–H and O–H groups in total. The Labute approximate surface area is 123 Å². The molecule has 1 aliphatic rings. The van der Waals surface area contributed by atoms with E-state index in [1.54, 1.807) is 11.3 Å². The van der Waals surface area contributed by atoms with E-state index in [1.807, 2.05) is 12.3 Å². The quantitative estimate of drug-likeness (QED) is 0.784. The van der Waals surface area contributed by atoms with Crippen LogP contribution in [0.1, 0.15) is 31.9 Å². The number of rotatable bonds is 7. The highest BCUT2D eigenvalue weighted by Crippen LogP contribution is 2.19. The van der Waals surface area contributed by atoms with E-state index in [4.69, 9.17) is 9.47 Å². The van der Waals surface area contributed by atoms with Crippen LogP contribution in [0.2, 0.25) is 0 Å². The summed E-state index contributed by atoms with van der Waals surface area (Å²) in [5.74, 6) is 0.421. The summed E-state index contributed by atoms with van der Waals surface area (Å²) >= 11 is 1.59. The molecule has 2 rings (SSSR count). The Hall–Kier alpha value is -1.14. The molecule has 2 heterocycles. The summed E-state index contributed by atoms with van der Waals surface area (Å²) in [7, 11) is 0. The number of hydrogen-bond acceptors (Lipinski definition) is 6. The number of anilines is 1. The molecule has 1 atom stereocenters. The Morgan fingerprint density at radius 2 is 2.55 bits per heavy atom. The molecular formula is C14H22N2O3S. The predicted molar refractivity (Wildman–Crippen MR) is 79.1 cm³/mol. The van der Waals surface area contributed by atoms with Crippen LogP contribution < -0.4 is 5.32 Å². The number of esters is 1. The SMILES string of the molecule is CCOC(=O)CCc1csc(NCC2CCCOC2)n1. The maximum absolute atomic E-state index is 11.3. The van der Waals surface area contributed by atoms with Crippen molar-refractivity contribution in [2.75, 3.05) is 31.7 Å². The van der Waals surface area contributed by atoms with Gasteiger partial charge in [-0.25, -0.2) is 4.98 Å². The van der Waals surface area contributed by atoms with Gasteiger partial charge in [0.2, 0.25) is 0 Å². The second kappa shape index (κ2) is 8.21. The van der Waals surface area contributed by atoms with Crippen molar-refractivity contribution in [1.82, 2.24) is 4.98 Å². The lowest BCUT2D eigenvalue weighted by Crippen LogP contribution is -2.24. The zero-order valence-electron chi connectivity index (χ0n) is 11.9. The molecule has 112 valence electrons. The van der Waals surface area contributed by atoms with Gasteiger partial charge in [0.05, 0.1) is 25.3 Å². The van der Waals surface area contributed by atoms with Gasteiger partial charge in [0, 0.05) is 25.0 Å². The maximum atomic E-state index is 11.3. The Bertz CT molecular complexity index is 416. The van der Waals surface area contributed by atoms with E-state index in [0.29, 0.717) is 25.4 Å². The van der Waals surface area contributed by atoms with Crippen LogP contribution in [0.5, 0.6) is 0 Å². The van der Waals surface area contributed by atoms with Gasteiger partial charge >= 0.3 is 5.97 Å². The van der Waals surface area contributed by atoms with Gasteiger partial charge in [-0.15, -0.1) is 11.3 Å². The minimum Gasteiger partial charge on any atom is -0.466 e. The van der Waals surface area contributed by atoms with E-state index in [2.05, 4.69) is 10.3 Å². The molecule has 1 fully saturated rings. The first-order valence-electron chi connectivity index (χ1n) is 7.19. The highest BCUT2D eigenvalue weighted by molar-refractivity contribution is 7.13. The van der Waals surface area contributed by atoms with Crippen molar-refractivity contribution in [3.63, 3.8) is 0 Å². The third-order valence-corrected chi connectivity index (χ3v) is 4.09. The number of nitrogens with one attached hydrogen (secondary N) is 1. The topological polar surface area (TPSA) is 60.5 Å². The van der Waals surface area contributed by atoms with Crippen LogP contribution in [0.3, 0.4) is 0 Å². The molecule has 1 saturated heterocycles. The number of aromatic nitrogens is 1. The number of ether oxygens (including phenoxy) is 2. The second-order valence-corrected chi connectivity index (χ2v) is 5.77. The number of carbonyl (C=O) groups excluding carboxylic acids is 1. The fourth-order valence-corrected chi connectivity index (χ4v) is 2.92. The highest BCUT2D eigenvalue weighted by atomic mass is 32.1. The van der Waals surface area contributed by atoms with E-state index >= 15 is 0 Å². The summed E-state index contributed by atoms with van der Waals surface area (Å²) in [6.07, 6.45) is 3.40. The Morgan fingerprint density at radius 3 is 3.30 bits per heavy atom. The third-order valence-electron chi connectivity index (χ3n) is 3.24. The average molecular weight is 298 g/mol. The zero-order valence-corrected chi connectivity index (χ0v) is 12.7. The van der Waals surface area contributed by atoms with E-state index in [-0.39, 0.29) is 5.97 Å². The van der Waals surface area contributed by atoms with Gasteiger partial charge in [-0.2, -0.15) is 0 Å². The monoisotopic (exact) mass is 298 g/mol. The van der Waals surface area contributed by atoms with Gasteiger partial charge in [0.25, 0.3) is 0 Å². The van der Waals surface area contributed by atoms with Crippen LogP contribution in [0.25, 0.3) is 0 Å². The molecule has 0 aromatic carbocycles. The normalized spacial score (nSPS) is 18.8. The van der Waals surface area contributed by atoms with E-state index < -0.39 is 0 Å². The van der Waals surface area contributed by atoms with Crippen LogP contribution in [-0.4, -0.2) is 37.3 Å². The lowest BCUT2D eigenvalue weighted by atomic mass is 10.0. The summed E-state index contributed by atoms with van der Waals surface area (Å²) in [6.45, 7) is 4.90. The fraction of sp³-hybridized carbons (Fsp3) is 0.714. The van der Waals surface area contributed by atoms with Gasteiger partial charge in [-0.05, 0) is 25.7 Å². The van der Waals surface area contributed by atoms with Crippen LogP contribution in [-0.2, 0) is 20.7 Å². The summed E-state index contributed by atoms with van der Waals surface area (Å²) in [4.78, 5) is 15.8. The lowest BCUT2D eigenvalue weighted by molar-refractivity contribution is -0.143. The Morgan fingerprint density at radius 1 is 1.65 bits per heavy atom. The molecule has 6 heteroatoms. The van der Waals surface area contributed by atoms with Gasteiger partial charge in [-0.1, -0.05) is 0 Å². The minimum atomic E-state index is -0.158. The maximum Gasteiger partial charge on any atom is 0.306 e. The zero-order chi connectivity index (χ0) is 14.2. The molecule has 0 bridgehead atoms. The van der Waals surface area contributed by atoms with Gasteiger partial charge in [-0.3, -0.25) is 4.79 Å². The van der Waals surface area contributed by atoms with Crippen LogP contribution in [0, 0.1) is 5.92 Å². The minimum absolute atomic E-state index is 0.158. The van der Waals surface area contributed by atoms with Crippen molar-refractivity contribution in [3.8, 4) is 0 Å². The van der Waals surface area contributed by atoms with Gasteiger partial charge in [0.15, 0.2) is 5.13 Å².